The topological polar surface area (TPSA) is 93.1 Å². The number of benzene rings is 3. The lowest BCUT2D eigenvalue weighted by Crippen LogP contribution is -2.41. The summed E-state index contributed by atoms with van der Waals surface area (Å²) in [5.74, 6) is 0.0816. The van der Waals surface area contributed by atoms with E-state index in [2.05, 4.69) is 30.8 Å². The van der Waals surface area contributed by atoms with Gasteiger partial charge in [0.1, 0.15) is 12.1 Å². The first-order valence-corrected chi connectivity index (χ1v) is 11.4. The molecule has 37 heavy (non-hydrogen) atoms. The molecule has 0 saturated carbocycles. The van der Waals surface area contributed by atoms with Crippen molar-refractivity contribution < 1.29 is 22.7 Å². The van der Waals surface area contributed by atoms with E-state index in [1.165, 1.54) is 35.3 Å². The number of carbonyl (C=O) groups is 1. The van der Waals surface area contributed by atoms with Crippen LogP contribution in [0.4, 0.5) is 23.7 Å². The Labute approximate surface area is 215 Å². The number of thiocarbonyl (C=S) groups is 1. The minimum absolute atomic E-state index is 0.174. The summed E-state index contributed by atoms with van der Waals surface area (Å²) in [6.45, 7) is 2.16. The molecule has 2 amide bonds. The molecule has 0 fully saturated rings. The molecule has 12 heteroatoms. The molecule has 3 N–H and O–H groups in total. The zero-order chi connectivity index (χ0) is 26.4. The van der Waals surface area contributed by atoms with Crippen LogP contribution in [-0.4, -0.2) is 32.3 Å². The fraction of sp³-hybridized carbons (Fsp3) is 0.120. The number of amides is 2. The van der Waals surface area contributed by atoms with Gasteiger partial charge in [0.2, 0.25) is 0 Å². The van der Waals surface area contributed by atoms with Crippen LogP contribution in [0.15, 0.2) is 79.1 Å². The maximum atomic E-state index is 12.4. The molecule has 0 unspecified atom stereocenters. The van der Waals surface area contributed by atoms with Gasteiger partial charge in [0, 0.05) is 17.8 Å². The van der Waals surface area contributed by atoms with Gasteiger partial charge in [-0.05, 0) is 66.7 Å². The first-order valence-electron chi connectivity index (χ1n) is 10.9. The van der Waals surface area contributed by atoms with E-state index >= 15 is 0 Å². The minimum Gasteiger partial charge on any atom is -0.406 e. The maximum absolute atomic E-state index is 12.4. The van der Waals surface area contributed by atoms with Gasteiger partial charge < -0.3 is 15.4 Å². The van der Waals surface area contributed by atoms with Crippen LogP contribution in [0.3, 0.4) is 0 Å². The normalized spacial score (nSPS) is 11.0. The van der Waals surface area contributed by atoms with Crippen molar-refractivity contribution in [3.63, 3.8) is 0 Å². The highest BCUT2D eigenvalue weighted by atomic mass is 32.1. The molecule has 0 aliphatic heterocycles. The van der Waals surface area contributed by atoms with Crippen LogP contribution in [0.2, 0.25) is 0 Å². The third kappa shape index (κ3) is 7.27. The molecule has 8 nitrogen and oxygen atoms in total. The van der Waals surface area contributed by atoms with E-state index in [4.69, 9.17) is 12.2 Å². The predicted molar refractivity (Wildman–Crippen MR) is 136 cm³/mol. The number of hydrogen-bond acceptors (Lipinski definition) is 5. The average Bonchev–Trinajstić information content (AvgIpc) is 3.34. The van der Waals surface area contributed by atoms with E-state index in [0.29, 0.717) is 17.1 Å². The van der Waals surface area contributed by atoms with E-state index in [9.17, 15) is 18.0 Å². The summed E-state index contributed by atoms with van der Waals surface area (Å²) >= 11 is 5.20. The van der Waals surface area contributed by atoms with Crippen molar-refractivity contribution in [1.29, 1.82) is 0 Å². The fourth-order valence-corrected chi connectivity index (χ4v) is 3.54. The molecule has 4 rings (SSSR count). The Morgan fingerprint density at radius 3 is 2.54 bits per heavy atom. The number of nitrogens with zero attached hydrogens (tertiary/aromatic N) is 3. The van der Waals surface area contributed by atoms with Crippen LogP contribution >= 0.6 is 12.2 Å². The Kier molecular flexibility index (Phi) is 7.68. The van der Waals surface area contributed by atoms with Crippen LogP contribution in [0.5, 0.6) is 5.75 Å². The van der Waals surface area contributed by atoms with Gasteiger partial charge in [0.05, 0.1) is 5.69 Å². The van der Waals surface area contributed by atoms with Gasteiger partial charge >= 0.3 is 12.4 Å². The number of carbonyl (C=O) groups excluding carboxylic acids is 1. The predicted octanol–water partition coefficient (Wildman–Crippen LogP) is 5.34. The second-order valence-electron chi connectivity index (χ2n) is 7.83. The van der Waals surface area contributed by atoms with Gasteiger partial charge in [-0.1, -0.05) is 36.4 Å². The number of aryl methyl sites for hydroxylation is 1. The van der Waals surface area contributed by atoms with Crippen molar-refractivity contribution in [3.05, 3.63) is 90.3 Å². The fourth-order valence-electron chi connectivity index (χ4n) is 3.34. The Morgan fingerprint density at radius 2 is 1.81 bits per heavy atom. The summed E-state index contributed by atoms with van der Waals surface area (Å²) in [4.78, 5) is 16.6. The minimum atomic E-state index is -4.76. The van der Waals surface area contributed by atoms with Crippen molar-refractivity contribution in [2.45, 2.75) is 19.8 Å². The van der Waals surface area contributed by atoms with Crippen LogP contribution in [0.1, 0.15) is 11.1 Å². The number of anilines is 1. The highest BCUT2D eigenvalue weighted by Gasteiger charge is 2.31. The molecule has 0 spiro atoms. The quantitative estimate of drug-likeness (QED) is 0.294. The molecule has 4 aromatic rings. The number of halogens is 3. The average molecular weight is 527 g/mol. The number of aromatic nitrogens is 3. The number of para-hydroxylation sites is 1. The number of hydrogen-bond donors (Lipinski definition) is 3. The molecule has 3 aromatic carbocycles. The number of nitrogens with one attached hydrogen (secondary N) is 3. The maximum Gasteiger partial charge on any atom is 0.573 e. The molecular weight excluding hydrogens is 505 g/mol. The Hall–Kier alpha value is -4.45. The highest BCUT2D eigenvalue weighted by Crippen LogP contribution is 2.24. The molecule has 1 aromatic heterocycles. The number of ether oxygens (including phenoxy) is 1. The van der Waals surface area contributed by atoms with Crippen molar-refractivity contribution in [2.75, 3.05) is 5.32 Å². The smallest absolute Gasteiger partial charge is 0.406 e. The summed E-state index contributed by atoms with van der Waals surface area (Å²) in [6, 6.07) is 19.7. The van der Waals surface area contributed by atoms with Crippen molar-refractivity contribution >= 4 is 29.0 Å². The molecule has 1 heterocycles. The summed E-state index contributed by atoms with van der Waals surface area (Å²) in [6.07, 6.45) is -3.30. The third-order valence-corrected chi connectivity index (χ3v) is 5.29. The van der Waals surface area contributed by atoms with Gasteiger partial charge in [0.15, 0.2) is 10.9 Å². The van der Waals surface area contributed by atoms with E-state index in [1.807, 2.05) is 49.4 Å². The van der Waals surface area contributed by atoms with Gasteiger partial charge in [0.25, 0.3) is 0 Å². The first kappa shape index (κ1) is 25.6. The number of alkyl halides is 3. The molecule has 0 aliphatic carbocycles. The van der Waals surface area contributed by atoms with Crippen molar-refractivity contribution in [1.82, 2.24) is 25.4 Å². The van der Waals surface area contributed by atoms with Crippen LogP contribution in [0, 0.1) is 6.92 Å². The molecule has 0 aliphatic rings. The van der Waals surface area contributed by atoms with E-state index < -0.39 is 12.4 Å². The lowest BCUT2D eigenvalue weighted by atomic mass is 10.1. The number of urea groups is 1. The molecule has 0 bridgehead atoms. The highest BCUT2D eigenvalue weighted by molar-refractivity contribution is 7.80. The summed E-state index contributed by atoms with van der Waals surface area (Å²) in [5, 5.41) is 12.9. The SMILES string of the molecule is Cc1ccccc1NC(=S)NC(=O)NCc1cccc(-c2ncn(-c3ccc(OC(F)(F)F)cc3)n2)c1. The second kappa shape index (κ2) is 11.1. The molecule has 0 atom stereocenters. The Morgan fingerprint density at radius 1 is 1.05 bits per heavy atom. The van der Waals surface area contributed by atoms with Gasteiger partial charge in [-0.15, -0.1) is 18.3 Å². The summed E-state index contributed by atoms with van der Waals surface area (Å²) < 4.78 is 42.4. The first-order chi connectivity index (χ1) is 17.7. The molecule has 190 valence electrons. The molecule has 0 saturated heterocycles. The van der Waals surface area contributed by atoms with E-state index in [0.717, 1.165) is 16.8 Å². The Balaban J connectivity index is 1.34. The molecular formula is C25H21F3N6O2S. The van der Waals surface area contributed by atoms with E-state index in [-0.39, 0.29) is 17.4 Å². The van der Waals surface area contributed by atoms with Crippen LogP contribution < -0.4 is 20.7 Å². The molecule has 0 radical (unpaired) electrons. The lowest BCUT2D eigenvalue weighted by Gasteiger charge is -2.12. The standard InChI is InChI=1S/C25H21F3N6O2S/c1-16-5-2-3-8-21(16)31-24(37)32-23(35)29-14-17-6-4-7-18(13-17)22-30-15-34(33-22)19-9-11-20(12-10-19)36-25(26,27)28/h2-13,15H,14H2,1H3,(H3,29,31,32,35,37). The Bertz CT molecular complexity index is 1410. The van der Waals surface area contributed by atoms with Crippen molar-refractivity contribution in [3.8, 4) is 22.8 Å². The van der Waals surface area contributed by atoms with Gasteiger partial charge in [-0.3, -0.25) is 5.32 Å². The zero-order valence-electron chi connectivity index (χ0n) is 19.4. The van der Waals surface area contributed by atoms with Gasteiger partial charge in [-0.2, -0.15) is 0 Å². The zero-order valence-corrected chi connectivity index (χ0v) is 20.2. The van der Waals surface area contributed by atoms with Crippen LogP contribution in [0.25, 0.3) is 17.1 Å². The second-order valence-corrected chi connectivity index (χ2v) is 8.24. The third-order valence-electron chi connectivity index (χ3n) is 5.09. The van der Waals surface area contributed by atoms with E-state index in [1.54, 1.807) is 6.07 Å². The summed E-state index contributed by atoms with van der Waals surface area (Å²) in [7, 11) is 0. The summed E-state index contributed by atoms with van der Waals surface area (Å²) in [5.41, 5.74) is 3.81. The number of rotatable bonds is 6. The van der Waals surface area contributed by atoms with Gasteiger partial charge in [-0.25, -0.2) is 14.5 Å². The monoisotopic (exact) mass is 526 g/mol. The largest absolute Gasteiger partial charge is 0.573 e. The van der Waals surface area contributed by atoms with Crippen molar-refractivity contribution in [2.24, 2.45) is 0 Å². The lowest BCUT2D eigenvalue weighted by molar-refractivity contribution is -0.274. The van der Waals surface area contributed by atoms with Crippen LogP contribution in [-0.2, 0) is 6.54 Å².